The summed E-state index contributed by atoms with van der Waals surface area (Å²) in [5, 5.41) is 7.45. The first-order chi connectivity index (χ1) is 9.28. The van der Waals surface area contributed by atoms with Crippen LogP contribution in [0.1, 0.15) is 24.6 Å². The first-order valence-electron chi connectivity index (χ1n) is 6.66. The molecule has 0 spiro atoms. The lowest BCUT2D eigenvalue weighted by atomic mass is 10.2. The smallest absolute Gasteiger partial charge is 0.191 e. The first kappa shape index (κ1) is 15.0. The molecule has 2 rings (SSSR count). The summed E-state index contributed by atoms with van der Waals surface area (Å²) < 4.78 is 0.825. The van der Waals surface area contributed by atoms with Gasteiger partial charge in [0, 0.05) is 23.2 Å². The van der Waals surface area contributed by atoms with Crippen LogP contribution in [0.3, 0.4) is 0 Å². The van der Waals surface area contributed by atoms with Crippen LogP contribution in [-0.2, 0) is 6.54 Å². The molecule has 3 nitrogen and oxygen atoms in total. The van der Waals surface area contributed by atoms with E-state index in [-0.39, 0.29) is 0 Å². The topological polar surface area (TPSA) is 36.4 Å². The van der Waals surface area contributed by atoms with Gasteiger partial charge in [-0.1, -0.05) is 11.6 Å². The van der Waals surface area contributed by atoms with Crippen molar-refractivity contribution in [3.8, 4) is 0 Å². The third-order valence-electron chi connectivity index (χ3n) is 2.89. The quantitative estimate of drug-likeness (QED) is 0.646. The molecule has 2 N–H and O–H groups in total. The Balaban J connectivity index is 1.83. The number of nitrogens with zero attached hydrogens (tertiary/aromatic N) is 1. The summed E-state index contributed by atoms with van der Waals surface area (Å²) in [4.78, 5) is 5.79. The van der Waals surface area contributed by atoms with Crippen molar-refractivity contribution in [1.29, 1.82) is 0 Å². The van der Waals surface area contributed by atoms with Gasteiger partial charge in [0.25, 0.3) is 0 Å². The summed E-state index contributed by atoms with van der Waals surface area (Å²) in [5.74, 6) is 2.20. The van der Waals surface area contributed by atoms with E-state index >= 15 is 0 Å². The number of thiophene rings is 1. The van der Waals surface area contributed by atoms with E-state index in [0.717, 1.165) is 28.6 Å². The van der Waals surface area contributed by atoms with Gasteiger partial charge in [-0.05, 0) is 37.7 Å². The van der Waals surface area contributed by atoms with Gasteiger partial charge in [0.15, 0.2) is 5.96 Å². The van der Waals surface area contributed by atoms with E-state index in [2.05, 4.69) is 34.3 Å². The fraction of sp³-hybridized carbons (Fsp3) is 0.615. The van der Waals surface area contributed by atoms with Crippen molar-refractivity contribution in [1.82, 2.24) is 10.6 Å². The van der Waals surface area contributed by atoms with Crippen LogP contribution in [0.15, 0.2) is 17.1 Å². The maximum atomic E-state index is 5.92. The number of rotatable bonds is 5. The van der Waals surface area contributed by atoms with Crippen molar-refractivity contribution >= 4 is 40.7 Å². The second-order valence-electron chi connectivity index (χ2n) is 4.42. The molecular weight excluding hydrogens is 298 g/mol. The Morgan fingerprint density at radius 3 is 3.00 bits per heavy atom. The van der Waals surface area contributed by atoms with Crippen LogP contribution < -0.4 is 10.6 Å². The zero-order valence-electron chi connectivity index (χ0n) is 11.1. The second kappa shape index (κ2) is 8.02. The Morgan fingerprint density at radius 2 is 2.37 bits per heavy atom. The zero-order chi connectivity index (χ0) is 13.5. The highest BCUT2D eigenvalue weighted by atomic mass is 35.5. The number of nitrogens with one attached hydrogen (secondary N) is 2. The Kier molecular flexibility index (Phi) is 6.34. The molecule has 1 aliphatic rings. The van der Waals surface area contributed by atoms with Gasteiger partial charge < -0.3 is 10.6 Å². The van der Waals surface area contributed by atoms with E-state index < -0.39 is 0 Å². The summed E-state index contributed by atoms with van der Waals surface area (Å²) in [6, 6.07) is 3.96. The minimum Gasteiger partial charge on any atom is -0.357 e. The lowest BCUT2D eigenvalue weighted by Crippen LogP contribution is -2.40. The van der Waals surface area contributed by atoms with Gasteiger partial charge in [0.2, 0.25) is 0 Å². The van der Waals surface area contributed by atoms with Crippen molar-refractivity contribution in [3.05, 3.63) is 21.3 Å². The van der Waals surface area contributed by atoms with Crippen molar-refractivity contribution < 1.29 is 0 Å². The Morgan fingerprint density at radius 1 is 1.47 bits per heavy atom. The van der Waals surface area contributed by atoms with E-state index in [4.69, 9.17) is 11.6 Å². The van der Waals surface area contributed by atoms with Crippen molar-refractivity contribution in [2.24, 2.45) is 4.99 Å². The molecule has 1 aromatic heterocycles. The van der Waals surface area contributed by atoms with E-state index in [0.29, 0.717) is 6.54 Å². The lowest BCUT2D eigenvalue weighted by molar-refractivity contribution is 0.727. The van der Waals surface area contributed by atoms with Gasteiger partial charge in [-0.2, -0.15) is 11.8 Å². The van der Waals surface area contributed by atoms with Crippen LogP contribution in [0.2, 0.25) is 4.34 Å². The normalized spacial score (nSPS) is 19.7. The Bertz CT molecular complexity index is 414. The maximum Gasteiger partial charge on any atom is 0.191 e. The molecule has 2 heterocycles. The standard InChI is InChI=1S/C13H20ClN3S2/c1-2-15-13(16-8-10-4-3-7-18-10)17-9-11-5-6-12(14)19-11/h5-6,10H,2-4,7-9H2,1H3,(H2,15,16,17). The van der Waals surface area contributed by atoms with E-state index in [1.807, 2.05) is 12.1 Å². The van der Waals surface area contributed by atoms with Crippen molar-refractivity contribution in [3.63, 3.8) is 0 Å². The Labute approximate surface area is 128 Å². The average Bonchev–Trinajstić information content (AvgIpc) is 3.04. The molecule has 1 atom stereocenters. The first-order valence-corrected chi connectivity index (χ1v) is 8.90. The van der Waals surface area contributed by atoms with Gasteiger partial charge in [0.1, 0.15) is 0 Å². The molecule has 0 bridgehead atoms. The summed E-state index contributed by atoms with van der Waals surface area (Å²) in [5.41, 5.74) is 0. The number of hydrogen-bond donors (Lipinski definition) is 2. The highest BCUT2D eigenvalue weighted by molar-refractivity contribution is 8.00. The lowest BCUT2D eigenvalue weighted by Gasteiger charge is -2.14. The van der Waals surface area contributed by atoms with Crippen LogP contribution in [0.25, 0.3) is 0 Å². The molecule has 19 heavy (non-hydrogen) atoms. The molecule has 106 valence electrons. The molecule has 1 fully saturated rings. The summed E-state index contributed by atoms with van der Waals surface area (Å²) in [6.45, 7) is 4.66. The third-order valence-corrected chi connectivity index (χ3v) is 5.50. The van der Waals surface area contributed by atoms with E-state index in [9.17, 15) is 0 Å². The second-order valence-corrected chi connectivity index (χ2v) is 7.62. The SMILES string of the molecule is CCNC(=NCc1ccc(Cl)s1)NCC1CCCS1. The zero-order valence-corrected chi connectivity index (χ0v) is 13.5. The monoisotopic (exact) mass is 317 g/mol. The van der Waals surface area contributed by atoms with Crippen LogP contribution in [0, 0.1) is 0 Å². The van der Waals surface area contributed by atoms with Crippen LogP contribution in [0.4, 0.5) is 0 Å². The fourth-order valence-corrected chi connectivity index (χ4v) is 4.16. The summed E-state index contributed by atoms with van der Waals surface area (Å²) >= 11 is 9.57. The van der Waals surface area contributed by atoms with Crippen molar-refractivity contribution in [2.45, 2.75) is 31.6 Å². The highest BCUT2D eigenvalue weighted by Gasteiger charge is 2.15. The summed E-state index contributed by atoms with van der Waals surface area (Å²) in [7, 11) is 0. The van der Waals surface area contributed by atoms with Gasteiger partial charge in [0.05, 0.1) is 10.9 Å². The molecule has 0 amide bonds. The van der Waals surface area contributed by atoms with Crippen LogP contribution in [-0.4, -0.2) is 30.1 Å². The van der Waals surface area contributed by atoms with Gasteiger partial charge >= 0.3 is 0 Å². The number of guanidine groups is 1. The minimum absolute atomic E-state index is 0.685. The predicted octanol–water partition coefficient (Wildman–Crippen LogP) is 3.35. The van der Waals surface area contributed by atoms with Gasteiger partial charge in [-0.15, -0.1) is 11.3 Å². The van der Waals surface area contributed by atoms with Gasteiger partial charge in [-0.25, -0.2) is 4.99 Å². The molecule has 0 aliphatic carbocycles. The molecule has 1 aliphatic heterocycles. The fourth-order valence-electron chi connectivity index (χ4n) is 1.95. The molecule has 0 radical (unpaired) electrons. The maximum absolute atomic E-state index is 5.92. The molecule has 0 aromatic carbocycles. The molecule has 0 saturated carbocycles. The highest BCUT2D eigenvalue weighted by Crippen LogP contribution is 2.25. The summed E-state index contributed by atoms with van der Waals surface area (Å²) in [6.07, 6.45) is 2.66. The molecule has 1 saturated heterocycles. The molecular formula is C13H20ClN3S2. The van der Waals surface area contributed by atoms with E-state index in [1.54, 1.807) is 11.3 Å². The van der Waals surface area contributed by atoms with Gasteiger partial charge in [-0.3, -0.25) is 0 Å². The molecule has 1 aromatic rings. The Hall–Kier alpha value is -0.390. The molecule has 6 heteroatoms. The third kappa shape index (κ3) is 5.24. The number of thioether (sulfide) groups is 1. The van der Waals surface area contributed by atoms with Crippen LogP contribution >= 0.6 is 34.7 Å². The number of halogens is 1. The number of aliphatic imine (C=N–C) groups is 1. The van der Waals surface area contributed by atoms with Crippen LogP contribution in [0.5, 0.6) is 0 Å². The largest absolute Gasteiger partial charge is 0.357 e. The van der Waals surface area contributed by atoms with Crippen molar-refractivity contribution in [2.75, 3.05) is 18.8 Å². The average molecular weight is 318 g/mol. The predicted molar refractivity (Wildman–Crippen MR) is 87.6 cm³/mol. The minimum atomic E-state index is 0.685. The van der Waals surface area contributed by atoms with E-state index in [1.165, 1.54) is 23.5 Å². The number of hydrogen-bond acceptors (Lipinski definition) is 3. The molecule has 1 unspecified atom stereocenters.